The quantitative estimate of drug-likeness (QED) is 0.309. The molecule has 2 aromatic carbocycles. The molecule has 34 heavy (non-hydrogen) atoms. The lowest BCUT2D eigenvalue weighted by molar-refractivity contribution is -0.384. The van der Waals surface area contributed by atoms with Gasteiger partial charge in [0.15, 0.2) is 5.92 Å². The Labute approximate surface area is 195 Å². The Morgan fingerprint density at radius 1 is 1.18 bits per heavy atom. The van der Waals surface area contributed by atoms with Crippen molar-refractivity contribution in [1.29, 1.82) is 0 Å². The van der Waals surface area contributed by atoms with E-state index in [0.717, 1.165) is 5.69 Å². The van der Waals surface area contributed by atoms with Crippen molar-refractivity contribution >= 4 is 29.2 Å². The molecule has 1 saturated heterocycles. The Hall–Kier alpha value is -4.02. The first-order valence-corrected chi connectivity index (χ1v) is 10.9. The first-order chi connectivity index (χ1) is 16.4. The van der Waals surface area contributed by atoms with Gasteiger partial charge in [-0.15, -0.1) is 0 Å². The highest BCUT2D eigenvalue weighted by Gasteiger charge is 2.42. The molecule has 2 atom stereocenters. The van der Waals surface area contributed by atoms with E-state index in [2.05, 4.69) is 15.2 Å². The molecule has 0 saturated carbocycles. The summed E-state index contributed by atoms with van der Waals surface area (Å²) >= 11 is 0. The van der Waals surface area contributed by atoms with Crippen LogP contribution in [-0.2, 0) is 14.3 Å². The van der Waals surface area contributed by atoms with E-state index < -0.39 is 28.8 Å². The van der Waals surface area contributed by atoms with Crippen LogP contribution in [0.2, 0.25) is 0 Å². The average Bonchev–Trinajstić information content (AvgIpc) is 2.84. The maximum atomic E-state index is 13.2. The van der Waals surface area contributed by atoms with Gasteiger partial charge in [-0.25, -0.2) is 9.38 Å². The molecule has 1 amide bonds. The summed E-state index contributed by atoms with van der Waals surface area (Å²) < 4.78 is 18.3. The number of carbonyl (C=O) groups is 2. The number of aliphatic imine (C=N–C) groups is 1. The van der Waals surface area contributed by atoms with Crippen molar-refractivity contribution in [2.24, 2.45) is 10.9 Å². The molecule has 0 radical (unpaired) electrons. The number of carbonyl (C=O) groups excluding carboxylic acids is 2. The first-order valence-electron chi connectivity index (χ1n) is 10.9. The number of amides is 1. The second-order valence-electron chi connectivity index (χ2n) is 7.92. The molecule has 10 nitrogen and oxygen atoms in total. The smallest absolute Gasteiger partial charge is 0.321 e. The van der Waals surface area contributed by atoms with Crippen LogP contribution in [0.1, 0.15) is 18.5 Å². The Kier molecular flexibility index (Phi) is 6.71. The Bertz CT molecular complexity index is 1110. The molecule has 4 rings (SSSR count). The third-order valence-electron chi connectivity index (χ3n) is 5.83. The molecule has 0 aliphatic carbocycles. The van der Waals surface area contributed by atoms with Crippen molar-refractivity contribution in [3.05, 3.63) is 70.0 Å². The number of hydrogen-bond donors (Lipinski definition) is 1. The van der Waals surface area contributed by atoms with Crippen molar-refractivity contribution < 1.29 is 23.6 Å². The normalized spacial score (nSPS) is 20.4. The molecule has 1 N–H and O–H groups in total. The van der Waals surface area contributed by atoms with E-state index in [1.807, 2.05) is 4.90 Å². The summed E-state index contributed by atoms with van der Waals surface area (Å²) in [6.07, 6.45) is 0. The molecule has 0 aromatic heterocycles. The summed E-state index contributed by atoms with van der Waals surface area (Å²) in [4.78, 5) is 44.9. The van der Waals surface area contributed by atoms with Gasteiger partial charge < -0.3 is 14.5 Å². The monoisotopic (exact) mass is 469 g/mol. The molecular weight excluding hydrogens is 445 g/mol. The van der Waals surface area contributed by atoms with E-state index in [4.69, 9.17) is 4.74 Å². The lowest BCUT2D eigenvalue weighted by Gasteiger charge is -2.39. The van der Waals surface area contributed by atoms with Crippen LogP contribution < -0.4 is 10.2 Å². The zero-order valence-corrected chi connectivity index (χ0v) is 18.5. The number of rotatable bonds is 5. The third kappa shape index (κ3) is 4.82. The highest BCUT2D eigenvalue weighted by molar-refractivity contribution is 6.08. The van der Waals surface area contributed by atoms with Crippen LogP contribution in [0.4, 0.5) is 15.8 Å². The number of hydrogen-bond acceptors (Lipinski definition) is 8. The highest BCUT2D eigenvalue weighted by atomic mass is 19.1. The number of nitro benzene ring substituents is 1. The van der Waals surface area contributed by atoms with Gasteiger partial charge in [-0.2, -0.15) is 0 Å². The number of non-ortho nitro benzene ring substituents is 1. The average molecular weight is 469 g/mol. The third-order valence-corrected chi connectivity index (χ3v) is 5.83. The summed E-state index contributed by atoms with van der Waals surface area (Å²) in [6.45, 7) is 4.01. The SMILES string of the molecule is CCOC(=O)[C@H]1C(=O)NC(N2CCN(c3ccc(F)cc3)CC2)=N[C@H]1c1cccc([N+](=O)[O-])c1. The number of guanidine groups is 1. The number of anilines is 1. The van der Waals surface area contributed by atoms with E-state index in [1.54, 1.807) is 25.1 Å². The summed E-state index contributed by atoms with van der Waals surface area (Å²) in [6, 6.07) is 11.1. The number of nitro groups is 1. The number of nitrogens with zero attached hydrogens (tertiary/aromatic N) is 4. The Morgan fingerprint density at radius 2 is 1.85 bits per heavy atom. The molecule has 2 heterocycles. The summed E-state index contributed by atoms with van der Waals surface area (Å²) in [5.41, 5.74) is 1.12. The number of benzene rings is 2. The van der Waals surface area contributed by atoms with Gasteiger partial charge in [-0.1, -0.05) is 12.1 Å². The van der Waals surface area contributed by atoms with E-state index in [1.165, 1.54) is 30.3 Å². The first kappa shape index (κ1) is 23.1. The molecule has 2 aromatic rings. The Balaban J connectivity index is 1.59. The van der Waals surface area contributed by atoms with Gasteiger partial charge in [-0.05, 0) is 36.8 Å². The summed E-state index contributed by atoms with van der Waals surface area (Å²) in [5, 5.41) is 14.0. The summed E-state index contributed by atoms with van der Waals surface area (Å²) in [7, 11) is 0. The number of piperazine rings is 1. The lowest BCUT2D eigenvalue weighted by Crippen LogP contribution is -2.57. The van der Waals surface area contributed by atoms with Gasteiger partial charge in [0.25, 0.3) is 5.69 Å². The van der Waals surface area contributed by atoms with Crippen molar-refractivity contribution in [3.8, 4) is 0 Å². The van der Waals surface area contributed by atoms with Gasteiger partial charge in [0.1, 0.15) is 11.9 Å². The second-order valence-corrected chi connectivity index (χ2v) is 7.92. The minimum absolute atomic E-state index is 0.0895. The van der Waals surface area contributed by atoms with Crippen molar-refractivity contribution in [1.82, 2.24) is 10.2 Å². The lowest BCUT2D eigenvalue weighted by atomic mass is 9.91. The zero-order valence-electron chi connectivity index (χ0n) is 18.5. The van der Waals surface area contributed by atoms with Crippen molar-refractivity contribution in [3.63, 3.8) is 0 Å². The molecular formula is C23H24FN5O5. The van der Waals surface area contributed by atoms with Crippen LogP contribution in [0.25, 0.3) is 0 Å². The molecule has 11 heteroatoms. The zero-order chi connectivity index (χ0) is 24.2. The summed E-state index contributed by atoms with van der Waals surface area (Å²) in [5.74, 6) is -2.56. The van der Waals surface area contributed by atoms with Crippen LogP contribution in [0.15, 0.2) is 53.5 Å². The number of esters is 1. The maximum absolute atomic E-state index is 13.2. The van der Waals surface area contributed by atoms with Gasteiger partial charge in [-0.3, -0.25) is 25.0 Å². The van der Waals surface area contributed by atoms with Crippen LogP contribution in [0.5, 0.6) is 0 Å². The van der Waals surface area contributed by atoms with Gasteiger partial charge in [0.05, 0.1) is 11.5 Å². The number of ether oxygens (including phenoxy) is 1. The van der Waals surface area contributed by atoms with E-state index >= 15 is 0 Å². The highest BCUT2D eigenvalue weighted by Crippen LogP contribution is 2.33. The van der Waals surface area contributed by atoms with E-state index in [-0.39, 0.29) is 18.1 Å². The molecule has 0 unspecified atom stereocenters. The minimum atomic E-state index is -1.26. The van der Waals surface area contributed by atoms with E-state index in [9.17, 15) is 24.1 Å². The second kappa shape index (κ2) is 9.86. The number of nitrogens with one attached hydrogen (secondary N) is 1. The van der Waals surface area contributed by atoms with Gasteiger partial charge in [0, 0.05) is 44.0 Å². The molecule has 2 aliphatic heterocycles. The topological polar surface area (TPSA) is 117 Å². The molecule has 178 valence electrons. The Morgan fingerprint density at radius 3 is 2.50 bits per heavy atom. The fourth-order valence-electron chi connectivity index (χ4n) is 4.12. The molecule has 0 bridgehead atoms. The standard InChI is InChI=1S/C23H24FN5O5/c1-2-34-22(31)19-20(15-4-3-5-18(14-15)29(32)33)25-23(26-21(19)30)28-12-10-27(11-13-28)17-8-6-16(24)7-9-17/h3-9,14,19-20H,2,10-13H2,1H3,(H,25,26,30)/t19-,20+/m1/s1. The number of halogens is 1. The molecule has 2 aliphatic rings. The molecule has 0 spiro atoms. The van der Waals surface area contributed by atoms with Crippen LogP contribution in [-0.4, -0.2) is 60.4 Å². The van der Waals surface area contributed by atoms with Gasteiger partial charge in [0.2, 0.25) is 11.9 Å². The predicted octanol–water partition coefficient (Wildman–Crippen LogP) is 2.26. The predicted molar refractivity (Wildman–Crippen MR) is 122 cm³/mol. The van der Waals surface area contributed by atoms with E-state index in [0.29, 0.717) is 37.7 Å². The van der Waals surface area contributed by atoms with Gasteiger partial charge >= 0.3 is 5.97 Å². The maximum Gasteiger partial charge on any atom is 0.321 e. The molecule has 1 fully saturated rings. The van der Waals surface area contributed by atoms with Crippen molar-refractivity contribution in [2.75, 3.05) is 37.7 Å². The minimum Gasteiger partial charge on any atom is -0.465 e. The van der Waals surface area contributed by atoms with Crippen molar-refractivity contribution in [2.45, 2.75) is 13.0 Å². The van der Waals surface area contributed by atoms with Crippen LogP contribution in [0.3, 0.4) is 0 Å². The largest absolute Gasteiger partial charge is 0.465 e. The fourth-order valence-corrected chi connectivity index (χ4v) is 4.12. The van der Waals surface area contributed by atoms with Crippen LogP contribution >= 0.6 is 0 Å². The fraction of sp³-hybridized carbons (Fsp3) is 0.348. The van der Waals surface area contributed by atoms with Crippen LogP contribution in [0, 0.1) is 21.8 Å².